The van der Waals surface area contributed by atoms with Crippen molar-refractivity contribution in [3.63, 3.8) is 0 Å². The van der Waals surface area contributed by atoms with Crippen LogP contribution < -0.4 is 4.90 Å². The predicted octanol–water partition coefficient (Wildman–Crippen LogP) is 4.13. The van der Waals surface area contributed by atoms with Gasteiger partial charge in [-0.05, 0) is 43.3 Å². The molecule has 5 heteroatoms. The third kappa shape index (κ3) is 3.96. The molecule has 0 saturated heterocycles. The first kappa shape index (κ1) is 16.7. The van der Waals surface area contributed by atoms with Gasteiger partial charge in [-0.1, -0.05) is 23.7 Å². The Morgan fingerprint density at radius 3 is 2.45 bits per heavy atom. The highest BCUT2D eigenvalue weighted by atomic mass is 35.5. The summed E-state index contributed by atoms with van der Waals surface area (Å²) in [5, 5.41) is 0.162. The molecule has 1 atom stereocenters. The lowest BCUT2D eigenvalue weighted by atomic mass is 10.1. The molecule has 0 aliphatic carbocycles. The summed E-state index contributed by atoms with van der Waals surface area (Å²) in [6, 6.07) is 9.08. The quantitative estimate of drug-likeness (QED) is 0.825. The summed E-state index contributed by atoms with van der Waals surface area (Å²) in [6.45, 7) is 2.84. The van der Waals surface area contributed by atoms with Crippen LogP contribution in [0, 0.1) is 5.82 Å². The van der Waals surface area contributed by atoms with Gasteiger partial charge in [-0.15, -0.1) is 0 Å². The van der Waals surface area contributed by atoms with E-state index in [4.69, 9.17) is 11.6 Å². The van der Waals surface area contributed by atoms with E-state index in [-0.39, 0.29) is 16.9 Å². The van der Waals surface area contributed by atoms with Crippen LogP contribution in [0.15, 0.2) is 36.5 Å². The van der Waals surface area contributed by atoms with Crippen molar-refractivity contribution in [2.45, 2.75) is 19.5 Å². The van der Waals surface area contributed by atoms with E-state index in [1.807, 2.05) is 38.3 Å². The van der Waals surface area contributed by atoms with Gasteiger partial charge in [0.25, 0.3) is 0 Å². The molecular weight excluding hydrogens is 301 g/mol. The lowest BCUT2D eigenvalue weighted by molar-refractivity contribution is 0.252. The van der Waals surface area contributed by atoms with Crippen molar-refractivity contribution < 1.29 is 4.39 Å². The largest absolute Gasteiger partial charge is 0.363 e. The minimum absolute atomic E-state index is 0.131. The Bertz CT molecular complexity index is 628. The molecule has 0 fully saturated rings. The van der Waals surface area contributed by atoms with E-state index < -0.39 is 0 Å². The maximum atomic E-state index is 13.3. The maximum absolute atomic E-state index is 13.3. The molecule has 0 saturated carbocycles. The summed E-state index contributed by atoms with van der Waals surface area (Å²) < 4.78 is 13.3. The van der Waals surface area contributed by atoms with Crippen LogP contribution in [-0.2, 0) is 6.54 Å². The molecule has 1 aromatic carbocycles. The van der Waals surface area contributed by atoms with Gasteiger partial charge >= 0.3 is 0 Å². The fourth-order valence-electron chi connectivity index (χ4n) is 2.23. The van der Waals surface area contributed by atoms with E-state index in [0.29, 0.717) is 0 Å². The molecule has 0 radical (unpaired) electrons. The Balaban J connectivity index is 2.07. The number of halogens is 2. The fraction of sp³-hybridized carbons (Fsp3) is 0.353. The van der Waals surface area contributed by atoms with Crippen LogP contribution in [0.4, 0.5) is 10.2 Å². The Morgan fingerprint density at radius 2 is 1.91 bits per heavy atom. The van der Waals surface area contributed by atoms with Crippen molar-refractivity contribution in [2.24, 2.45) is 0 Å². The molecule has 0 spiro atoms. The van der Waals surface area contributed by atoms with Gasteiger partial charge in [0.15, 0.2) is 0 Å². The van der Waals surface area contributed by atoms with Gasteiger partial charge in [-0.3, -0.25) is 4.90 Å². The van der Waals surface area contributed by atoms with Gasteiger partial charge in [0.05, 0.1) is 5.02 Å². The highest BCUT2D eigenvalue weighted by Crippen LogP contribution is 2.25. The van der Waals surface area contributed by atoms with E-state index >= 15 is 0 Å². The minimum Gasteiger partial charge on any atom is -0.363 e. The monoisotopic (exact) mass is 321 g/mol. The van der Waals surface area contributed by atoms with Crippen LogP contribution in [-0.4, -0.2) is 31.0 Å². The van der Waals surface area contributed by atoms with Gasteiger partial charge in [-0.2, -0.15) is 0 Å². The Morgan fingerprint density at radius 1 is 1.18 bits per heavy atom. The number of hydrogen-bond acceptors (Lipinski definition) is 3. The lowest BCUT2D eigenvalue weighted by Gasteiger charge is -2.25. The van der Waals surface area contributed by atoms with Crippen LogP contribution >= 0.6 is 11.6 Å². The standard InChI is InChI=1S/C17H21ClFN3/c1-12(14-6-7-16(19)15(18)9-14)22(4)11-13-5-8-17(20-10-13)21(2)3/h5-10,12H,11H2,1-4H3/t12-/m0/s1. The van der Waals surface area contributed by atoms with Gasteiger partial charge in [0.1, 0.15) is 11.6 Å². The molecule has 1 aromatic heterocycles. The summed E-state index contributed by atoms with van der Waals surface area (Å²) in [6.07, 6.45) is 1.89. The third-order valence-electron chi connectivity index (χ3n) is 3.79. The molecule has 22 heavy (non-hydrogen) atoms. The summed E-state index contributed by atoms with van der Waals surface area (Å²) >= 11 is 5.86. The topological polar surface area (TPSA) is 19.4 Å². The molecule has 1 heterocycles. The molecular formula is C17H21ClFN3. The molecule has 2 aromatic rings. The van der Waals surface area contributed by atoms with Crippen molar-refractivity contribution in [2.75, 3.05) is 26.0 Å². The van der Waals surface area contributed by atoms with Crippen LogP contribution in [0.2, 0.25) is 5.02 Å². The van der Waals surface area contributed by atoms with E-state index in [1.165, 1.54) is 6.07 Å². The third-order valence-corrected chi connectivity index (χ3v) is 4.08. The molecule has 0 unspecified atom stereocenters. The maximum Gasteiger partial charge on any atom is 0.141 e. The number of rotatable bonds is 5. The van der Waals surface area contributed by atoms with Gasteiger partial charge in [-0.25, -0.2) is 9.37 Å². The Labute approximate surface area is 136 Å². The highest BCUT2D eigenvalue weighted by molar-refractivity contribution is 6.30. The first-order valence-electron chi connectivity index (χ1n) is 7.16. The molecule has 118 valence electrons. The Hall–Kier alpha value is -1.65. The minimum atomic E-state index is -0.385. The van der Waals surface area contributed by atoms with Crippen LogP contribution in [0.3, 0.4) is 0 Å². The van der Waals surface area contributed by atoms with Crippen molar-refractivity contribution in [3.8, 4) is 0 Å². The normalized spacial score (nSPS) is 12.5. The fourth-order valence-corrected chi connectivity index (χ4v) is 2.42. The summed E-state index contributed by atoms with van der Waals surface area (Å²) in [7, 11) is 5.96. The predicted molar refractivity (Wildman–Crippen MR) is 89.9 cm³/mol. The average molecular weight is 322 g/mol. The summed E-state index contributed by atoms with van der Waals surface area (Å²) in [5.41, 5.74) is 2.12. The average Bonchev–Trinajstić information content (AvgIpc) is 2.49. The second kappa shape index (κ2) is 7.07. The number of pyridine rings is 1. The van der Waals surface area contributed by atoms with Crippen molar-refractivity contribution in [1.82, 2.24) is 9.88 Å². The molecule has 0 bridgehead atoms. The number of aromatic nitrogens is 1. The first-order chi connectivity index (χ1) is 10.4. The zero-order chi connectivity index (χ0) is 16.3. The molecule has 2 rings (SSSR count). The van der Waals surface area contributed by atoms with Crippen LogP contribution in [0.25, 0.3) is 0 Å². The number of benzene rings is 1. The van der Waals surface area contributed by atoms with Crippen LogP contribution in [0.1, 0.15) is 24.1 Å². The summed E-state index contributed by atoms with van der Waals surface area (Å²) in [4.78, 5) is 8.56. The van der Waals surface area contributed by atoms with E-state index in [2.05, 4.69) is 22.9 Å². The molecule has 3 nitrogen and oxygen atoms in total. The van der Waals surface area contributed by atoms with Crippen molar-refractivity contribution in [1.29, 1.82) is 0 Å². The first-order valence-corrected chi connectivity index (χ1v) is 7.53. The summed E-state index contributed by atoms with van der Waals surface area (Å²) in [5.74, 6) is 0.550. The lowest BCUT2D eigenvalue weighted by Crippen LogP contribution is -2.22. The van der Waals surface area contributed by atoms with Crippen molar-refractivity contribution in [3.05, 3.63) is 58.5 Å². The number of nitrogens with zero attached hydrogens (tertiary/aromatic N) is 3. The molecule has 0 N–H and O–H groups in total. The molecule has 0 aliphatic heterocycles. The van der Waals surface area contributed by atoms with E-state index in [1.54, 1.807) is 12.1 Å². The second-order valence-electron chi connectivity index (χ2n) is 5.68. The molecule has 0 amide bonds. The van der Waals surface area contributed by atoms with E-state index in [9.17, 15) is 4.39 Å². The van der Waals surface area contributed by atoms with E-state index in [0.717, 1.165) is 23.5 Å². The highest BCUT2D eigenvalue weighted by Gasteiger charge is 2.14. The van der Waals surface area contributed by atoms with Crippen LogP contribution in [0.5, 0.6) is 0 Å². The number of hydrogen-bond donors (Lipinski definition) is 0. The molecule has 0 aliphatic rings. The number of anilines is 1. The van der Waals surface area contributed by atoms with Gasteiger partial charge in [0, 0.05) is 32.9 Å². The zero-order valence-corrected chi connectivity index (χ0v) is 14.1. The zero-order valence-electron chi connectivity index (χ0n) is 13.3. The Kier molecular flexibility index (Phi) is 5.37. The van der Waals surface area contributed by atoms with Gasteiger partial charge < -0.3 is 4.90 Å². The SMILES string of the molecule is C[C@@H](c1ccc(F)c(Cl)c1)N(C)Cc1ccc(N(C)C)nc1. The van der Waals surface area contributed by atoms with Crippen molar-refractivity contribution >= 4 is 17.4 Å². The second-order valence-corrected chi connectivity index (χ2v) is 6.09. The smallest absolute Gasteiger partial charge is 0.141 e. The van der Waals surface area contributed by atoms with Gasteiger partial charge in [0.2, 0.25) is 0 Å².